The zero-order valence-electron chi connectivity index (χ0n) is 11.8. The van der Waals surface area contributed by atoms with Crippen LogP contribution in [-0.4, -0.2) is 17.1 Å². The number of hydrogen-bond donors (Lipinski definition) is 0. The molecule has 0 fully saturated rings. The van der Waals surface area contributed by atoms with Gasteiger partial charge >= 0.3 is 10.8 Å². The van der Waals surface area contributed by atoms with Crippen LogP contribution in [0.4, 0.5) is 0 Å². The van der Waals surface area contributed by atoms with Crippen LogP contribution in [0.1, 0.15) is 26.7 Å². The molecule has 0 aliphatic rings. The molecule has 0 aliphatic carbocycles. The molecule has 0 amide bonds. The molecular formula is C15H19NO3S. The Morgan fingerprint density at radius 3 is 2.85 bits per heavy atom. The van der Waals surface area contributed by atoms with E-state index in [0.717, 1.165) is 16.6 Å². The summed E-state index contributed by atoms with van der Waals surface area (Å²) in [5.41, 5.74) is 0.887. The van der Waals surface area contributed by atoms with Gasteiger partial charge in [-0.05, 0) is 24.5 Å². The Morgan fingerprint density at radius 2 is 2.10 bits per heavy atom. The van der Waals surface area contributed by atoms with E-state index in [1.54, 1.807) is 4.57 Å². The number of nitrogens with zero attached hydrogens (tertiary/aromatic N) is 1. The van der Waals surface area contributed by atoms with Crippen LogP contribution in [0, 0.1) is 5.92 Å². The number of para-hydroxylation sites is 1. The van der Waals surface area contributed by atoms with Crippen LogP contribution in [0.2, 0.25) is 0 Å². The van der Waals surface area contributed by atoms with Crippen molar-refractivity contribution in [3.05, 3.63) is 33.9 Å². The minimum atomic E-state index is -0.243. The molecule has 0 atom stereocenters. The molecule has 5 heteroatoms. The summed E-state index contributed by atoms with van der Waals surface area (Å²) in [6.07, 6.45) is 1.10. The number of rotatable bonds is 6. The zero-order valence-corrected chi connectivity index (χ0v) is 12.6. The van der Waals surface area contributed by atoms with E-state index in [1.165, 1.54) is 11.3 Å². The lowest BCUT2D eigenvalue weighted by Gasteiger charge is -2.07. The highest BCUT2D eigenvalue weighted by Gasteiger charge is 2.09. The summed E-state index contributed by atoms with van der Waals surface area (Å²) < 4.78 is 7.74. The lowest BCUT2D eigenvalue weighted by Crippen LogP contribution is -2.17. The van der Waals surface area contributed by atoms with E-state index in [-0.39, 0.29) is 17.3 Å². The molecule has 0 N–H and O–H groups in total. The van der Waals surface area contributed by atoms with Crippen LogP contribution in [0.15, 0.2) is 29.1 Å². The van der Waals surface area contributed by atoms with Crippen LogP contribution in [0.5, 0.6) is 0 Å². The van der Waals surface area contributed by atoms with Crippen molar-refractivity contribution in [1.82, 2.24) is 4.57 Å². The third-order valence-corrected chi connectivity index (χ3v) is 4.03. The van der Waals surface area contributed by atoms with E-state index in [2.05, 4.69) is 13.8 Å². The number of ether oxygens (including phenoxy) is 1. The van der Waals surface area contributed by atoms with Gasteiger partial charge in [0, 0.05) is 6.54 Å². The van der Waals surface area contributed by atoms with Crippen LogP contribution < -0.4 is 4.87 Å². The average molecular weight is 293 g/mol. The minimum Gasteiger partial charge on any atom is -0.466 e. The number of fused-ring (bicyclic) bond motifs is 1. The monoisotopic (exact) mass is 293 g/mol. The first-order valence-corrected chi connectivity index (χ1v) is 7.63. The average Bonchev–Trinajstić information content (AvgIpc) is 2.71. The second-order valence-corrected chi connectivity index (χ2v) is 6.13. The van der Waals surface area contributed by atoms with Gasteiger partial charge in [-0.1, -0.05) is 37.3 Å². The van der Waals surface area contributed by atoms with Crippen LogP contribution >= 0.6 is 11.3 Å². The number of carbonyl (C=O) groups is 1. The number of aryl methyl sites for hydroxylation is 1. The molecule has 0 saturated carbocycles. The molecule has 0 unspecified atom stereocenters. The van der Waals surface area contributed by atoms with E-state index in [4.69, 9.17) is 4.74 Å². The minimum absolute atomic E-state index is 0.0267. The highest BCUT2D eigenvalue weighted by molar-refractivity contribution is 7.16. The van der Waals surface area contributed by atoms with Gasteiger partial charge in [-0.15, -0.1) is 0 Å². The lowest BCUT2D eigenvalue weighted by atomic mass is 10.1. The number of thiazole rings is 1. The number of aromatic nitrogens is 1. The molecule has 2 aromatic rings. The molecule has 1 aromatic carbocycles. The molecule has 20 heavy (non-hydrogen) atoms. The Bertz CT molecular complexity index is 642. The molecule has 0 radical (unpaired) electrons. The van der Waals surface area contributed by atoms with Gasteiger partial charge in [-0.25, -0.2) is 0 Å². The largest absolute Gasteiger partial charge is 0.466 e. The summed E-state index contributed by atoms with van der Waals surface area (Å²) in [4.78, 5) is 23.5. The van der Waals surface area contributed by atoms with E-state index in [0.29, 0.717) is 19.1 Å². The lowest BCUT2D eigenvalue weighted by molar-refractivity contribution is -0.144. The molecule has 1 aromatic heterocycles. The highest BCUT2D eigenvalue weighted by atomic mass is 32.1. The maximum atomic E-state index is 11.9. The van der Waals surface area contributed by atoms with Gasteiger partial charge in [0.25, 0.3) is 0 Å². The van der Waals surface area contributed by atoms with Crippen molar-refractivity contribution in [3.63, 3.8) is 0 Å². The maximum Gasteiger partial charge on any atom is 0.308 e. The van der Waals surface area contributed by atoms with E-state index in [1.807, 2.05) is 24.3 Å². The molecule has 0 saturated heterocycles. The van der Waals surface area contributed by atoms with Gasteiger partial charge < -0.3 is 4.74 Å². The Hall–Kier alpha value is -1.62. The number of hydrogen-bond acceptors (Lipinski definition) is 4. The molecular weight excluding hydrogens is 274 g/mol. The van der Waals surface area contributed by atoms with E-state index >= 15 is 0 Å². The van der Waals surface area contributed by atoms with E-state index < -0.39 is 0 Å². The molecule has 108 valence electrons. The quantitative estimate of drug-likeness (QED) is 0.769. The topological polar surface area (TPSA) is 48.3 Å². The van der Waals surface area contributed by atoms with Crippen LogP contribution in [0.25, 0.3) is 10.2 Å². The zero-order chi connectivity index (χ0) is 14.5. The summed E-state index contributed by atoms with van der Waals surface area (Å²) in [6, 6.07) is 7.62. The molecule has 1 heterocycles. The van der Waals surface area contributed by atoms with Crippen LogP contribution in [0.3, 0.4) is 0 Å². The fourth-order valence-electron chi connectivity index (χ4n) is 1.91. The first kappa shape index (κ1) is 14.8. The smallest absolute Gasteiger partial charge is 0.308 e. The fraction of sp³-hybridized carbons (Fsp3) is 0.467. The van der Waals surface area contributed by atoms with E-state index in [9.17, 15) is 9.59 Å². The molecule has 0 bridgehead atoms. The van der Waals surface area contributed by atoms with Gasteiger partial charge in [-0.3, -0.25) is 14.2 Å². The van der Waals surface area contributed by atoms with Crippen molar-refractivity contribution in [3.8, 4) is 0 Å². The molecule has 4 nitrogen and oxygen atoms in total. The predicted octanol–water partition coefficient (Wildman–Crippen LogP) is 3.04. The molecule has 2 rings (SSSR count). The van der Waals surface area contributed by atoms with Gasteiger partial charge in [0.1, 0.15) is 0 Å². The van der Waals surface area contributed by atoms with Gasteiger partial charge in [-0.2, -0.15) is 0 Å². The van der Waals surface area contributed by atoms with Gasteiger partial charge in [0.05, 0.1) is 23.2 Å². The molecule has 0 spiro atoms. The second-order valence-electron chi connectivity index (χ2n) is 5.14. The van der Waals surface area contributed by atoms with Crippen molar-refractivity contribution in [2.24, 2.45) is 5.92 Å². The summed E-state index contributed by atoms with van der Waals surface area (Å²) >= 11 is 1.21. The SMILES string of the molecule is CC(C)CCOC(=O)CCn1c(=O)sc2ccccc21. The Kier molecular flexibility index (Phi) is 4.95. The van der Waals surface area contributed by atoms with Gasteiger partial charge in [0.2, 0.25) is 0 Å². The highest BCUT2D eigenvalue weighted by Crippen LogP contribution is 2.16. The van der Waals surface area contributed by atoms with Gasteiger partial charge in [0.15, 0.2) is 0 Å². The predicted molar refractivity (Wildman–Crippen MR) is 81.1 cm³/mol. The standard InChI is InChI=1S/C15H19NO3S/c1-11(2)8-10-19-14(17)7-9-16-12-5-3-4-6-13(12)20-15(16)18/h3-6,11H,7-10H2,1-2H3. The summed E-state index contributed by atoms with van der Waals surface area (Å²) in [7, 11) is 0. The van der Waals surface area contributed by atoms with Crippen molar-refractivity contribution in [2.45, 2.75) is 33.2 Å². The Labute approximate surface area is 122 Å². The van der Waals surface area contributed by atoms with Crippen LogP contribution in [-0.2, 0) is 16.1 Å². The molecule has 0 aliphatic heterocycles. The summed E-state index contributed by atoms with van der Waals surface area (Å²) in [5.74, 6) is 0.277. The Balaban J connectivity index is 1.94. The summed E-state index contributed by atoms with van der Waals surface area (Å²) in [6.45, 7) is 5.01. The number of benzene rings is 1. The van der Waals surface area contributed by atoms with Crippen molar-refractivity contribution in [2.75, 3.05) is 6.61 Å². The number of esters is 1. The summed E-state index contributed by atoms with van der Waals surface area (Å²) in [5, 5.41) is 0. The third-order valence-electron chi connectivity index (χ3n) is 3.07. The third kappa shape index (κ3) is 3.70. The first-order valence-electron chi connectivity index (χ1n) is 6.82. The second kappa shape index (κ2) is 6.70. The normalized spacial score (nSPS) is 11.2. The van der Waals surface area contributed by atoms with Crippen molar-refractivity contribution < 1.29 is 9.53 Å². The first-order chi connectivity index (χ1) is 9.58. The fourth-order valence-corrected chi connectivity index (χ4v) is 2.83. The van der Waals surface area contributed by atoms with Crippen molar-refractivity contribution in [1.29, 1.82) is 0 Å². The number of carbonyl (C=O) groups excluding carboxylic acids is 1. The Morgan fingerprint density at radius 1 is 1.35 bits per heavy atom. The van der Waals surface area contributed by atoms with Crippen molar-refractivity contribution >= 4 is 27.5 Å². The maximum absolute atomic E-state index is 11.9.